The van der Waals surface area contributed by atoms with Gasteiger partial charge in [0.05, 0.1) is 7.11 Å². The van der Waals surface area contributed by atoms with Crippen LogP contribution in [-0.2, 0) is 4.79 Å². The Labute approximate surface area is 109 Å². The maximum Gasteiger partial charge on any atom is 0.225 e. The molecule has 1 aromatic rings. The van der Waals surface area contributed by atoms with E-state index in [9.17, 15) is 4.79 Å². The standard InChI is InChI=1S/C14H22N2O2/c1-4-16(5-2)10-9-14(17)15-12-7-6-8-13(11-12)18-3/h6-8,11H,4-5,9-10H2,1-3H3,(H,15,17). The smallest absolute Gasteiger partial charge is 0.225 e. The van der Waals surface area contributed by atoms with Crippen molar-refractivity contribution in [2.45, 2.75) is 20.3 Å². The first kappa shape index (κ1) is 14.5. The van der Waals surface area contributed by atoms with Crippen molar-refractivity contribution in [1.82, 2.24) is 4.90 Å². The number of hydrogen-bond donors (Lipinski definition) is 1. The van der Waals surface area contributed by atoms with Crippen molar-refractivity contribution in [3.63, 3.8) is 0 Å². The number of rotatable bonds is 7. The lowest BCUT2D eigenvalue weighted by Crippen LogP contribution is -2.27. The van der Waals surface area contributed by atoms with Crippen LogP contribution in [0.1, 0.15) is 20.3 Å². The normalized spacial score (nSPS) is 10.4. The van der Waals surface area contributed by atoms with Crippen LogP contribution < -0.4 is 10.1 Å². The Morgan fingerprint density at radius 1 is 1.33 bits per heavy atom. The van der Waals surface area contributed by atoms with Crippen molar-refractivity contribution >= 4 is 11.6 Å². The number of anilines is 1. The van der Waals surface area contributed by atoms with Gasteiger partial charge in [-0.2, -0.15) is 0 Å². The summed E-state index contributed by atoms with van der Waals surface area (Å²) in [7, 11) is 1.61. The van der Waals surface area contributed by atoms with Crippen LogP contribution in [-0.4, -0.2) is 37.6 Å². The zero-order valence-corrected chi connectivity index (χ0v) is 11.4. The van der Waals surface area contributed by atoms with Gasteiger partial charge in [-0.3, -0.25) is 4.79 Å². The summed E-state index contributed by atoms with van der Waals surface area (Å²) >= 11 is 0. The first-order valence-electron chi connectivity index (χ1n) is 6.35. The average Bonchev–Trinajstić information content (AvgIpc) is 2.40. The highest BCUT2D eigenvalue weighted by Gasteiger charge is 2.06. The summed E-state index contributed by atoms with van der Waals surface area (Å²) < 4.78 is 5.11. The van der Waals surface area contributed by atoms with E-state index in [0.29, 0.717) is 6.42 Å². The zero-order chi connectivity index (χ0) is 13.4. The summed E-state index contributed by atoms with van der Waals surface area (Å²) in [6.07, 6.45) is 0.513. The third-order valence-electron chi connectivity index (χ3n) is 2.90. The number of nitrogens with one attached hydrogen (secondary N) is 1. The van der Waals surface area contributed by atoms with Crippen LogP contribution in [0.3, 0.4) is 0 Å². The number of nitrogens with zero attached hydrogens (tertiary/aromatic N) is 1. The van der Waals surface area contributed by atoms with Crippen LogP contribution >= 0.6 is 0 Å². The van der Waals surface area contributed by atoms with E-state index in [2.05, 4.69) is 24.1 Å². The van der Waals surface area contributed by atoms with Gasteiger partial charge < -0.3 is 15.0 Å². The number of hydrogen-bond acceptors (Lipinski definition) is 3. The largest absolute Gasteiger partial charge is 0.497 e. The van der Waals surface area contributed by atoms with Crippen molar-refractivity contribution in [3.8, 4) is 5.75 Å². The van der Waals surface area contributed by atoms with Crippen LogP contribution in [0.5, 0.6) is 5.75 Å². The Morgan fingerprint density at radius 3 is 2.67 bits per heavy atom. The molecule has 1 aromatic carbocycles. The van der Waals surface area contributed by atoms with Gasteiger partial charge in [0.15, 0.2) is 0 Å². The molecule has 4 nitrogen and oxygen atoms in total. The molecule has 0 radical (unpaired) electrons. The number of carbonyl (C=O) groups excluding carboxylic acids is 1. The Hall–Kier alpha value is -1.55. The Morgan fingerprint density at radius 2 is 2.06 bits per heavy atom. The molecule has 18 heavy (non-hydrogen) atoms. The highest BCUT2D eigenvalue weighted by molar-refractivity contribution is 5.90. The lowest BCUT2D eigenvalue weighted by Gasteiger charge is -2.17. The molecule has 0 aliphatic heterocycles. The highest BCUT2D eigenvalue weighted by atomic mass is 16.5. The van der Waals surface area contributed by atoms with E-state index < -0.39 is 0 Å². The van der Waals surface area contributed by atoms with Gasteiger partial charge in [-0.05, 0) is 25.2 Å². The first-order valence-corrected chi connectivity index (χ1v) is 6.35. The van der Waals surface area contributed by atoms with Crippen LogP contribution in [0.2, 0.25) is 0 Å². The fourth-order valence-electron chi connectivity index (χ4n) is 1.72. The molecule has 0 aromatic heterocycles. The van der Waals surface area contributed by atoms with Crippen LogP contribution in [0.25, 0.3) is 0 Å². The molecule has 100 valence electrons. The molecule has 0 saturated heterocycles. The number of ether oxygens (including phenoxy) is 1. The quantitative estimate of drug-likeness (QED) is 0.807. The minimum atomic E-state index is 0.0372. The molecule has 0 aliphatic carbocycles. The summed E-state index contributed by atoms with van der Waals surface area (Å²) in [6.45, 7) is 6.95. The molecule has 0 spiro atoms. The predicted molar refractivity (Wildman–Crippen MR) is 74.0 cm³/mol. The van der Waals surface area contributed by atoms with E-state index in [1.807, 2.05) is 24.3 Å². The third-order valence-corrected chi connectivity index (χ3v) is 2.90. The van der Waals surface area contributed by atoms with E-state index in [4.69, 9.17) is 4.74 Å². The number of benzene rings is 1. The van der Waals surface area contributed by atoms with Gasteiger partial charge in [0.2, 0.25) is 5.91 Å². The van der Waals surface area contributed by atoms with Gasteiger partial charge in [0.1, 0.15) is 5.75 Å². The second-order valence-electron chi connectivity index (χ2n) is 4.06. The minimum Gasteiger partial charge on any atom is -0.497 e. The fourth-order valence-corrected chi connectivity index (χ4v) is 1.72. The topological polar surface area (TPSA) is 41.6 Å². The van der Waals surface area contributed by atoms with Gasteiger partial charge in [0, 0.05) is 24.7 Å². The molecular weight excluding hydrogens is 228 g/mol. The van der Waals surface area contributed by atoms with Crippen molar-refractivity contribution in [2.75, 3.05) is 32.1 Å². The maximum absolute atomic E-state index is 11.8. The summed E-state index contributed by atoms with van der Waals surface area (Å²) in [6, 6.07) is 7.39. The van der Waals surface area contributed by atoms with Crippen molar-refractivity contribution in [3.05, 3.63) is 24.3 Å². The molecule has 0 saturated carbocycles. The lowest BCUT2D eigenvalue weighted by molar-refractivity contribution is -0.116. The molecule has 4 heteroatoms. The second kappa shape index (κ2) is 7.71. The molecular formula is C14H22N2O2. The highest BCUT2D eigenvalue weighted by Crippen LogP contribution is 2.16. The van der Waals surface area contributed by atoms with E-state index in [0.717, 1.165) is 31.1 Å². The monoisotopic (exact) mass is 250 g/mol. The molecule has 1 rings (SSSR count). The SMILES string of the molecule is CCN(CC)CCC(=O)Nc1cccc(OC)c1. The maximum atomic E-state index is 11.8. The zero-order valence-electron chi connectivity index (χ0n) is 11.4. The molecule has 0 heterocycles. The number of methoxy groups -OCH3 is 1. The third kappa shape index (κ3) is 4.75. The van der Waals surface area contributed by atoms with Gasteiger partial charge in [-0.1, -0.05) is 19.9 Å². The first-order chi connectivity index (χ1) is 8.69. The van der Waals surface area contributed by atoms with Gasteiger partial charge >= 0.3 is 0 Å². The van der Waals surface area contributed by atoms with E-state index in [1.165, 1.54) is 0 Å². The van der Waals surface area contributed by atoms with E-state index in [1.54, 1.807) is 7.11 Å². The second-order valence-corrected chi connectivity index (χ2v) is 4.06. The fraction of sp³-hybridized carbons (Fsp3) is 0.500. The van der Waals surface area contributed by atoms with Crippen LogP contribution in [0, 0.1) is 0 Å². The molecule has 0 aliphatic rings. The number of carbonyl (C=O) groups is 1. The van der Waals surface area contributed by atoms with Gasteiger partial charge in [0.25, 0.3) is 0 Å². The summed E-state index contributed by atoms with van der Waals surface area (Å²) in [5, 5.41) is 2.87. The molecule has 0 fully saturated rings. The molecule has 1 N–H and O–H groups in total. The lowest BCUT2D eigenvalue weighted by atomic mass is 10.3. The van der Waals surface area contributed by atoms with Gasteiger partial charge in [-0.25, -0.2) is 0 Å². The summed E-state index contributed by atoms with van der Waals surface area (Å²) in [5.74, 6) is 0.784. The van der Waals surface area contributed by atoms with Crippen molar-refractivity contribution < 1.29 is 9.53 Å². The van der Waals surface area contributed by atoms with Gasteiger partial charge in [-0.15, -0.1) is 0 Å². The Bertz CT molecular complexity index is 376. The van der Waals surface area contributed by atoms with E-state index >= 15 is 0 Å². The van der Waals surface area contributed by atoms with Crippen molar-refractivity contribution in [2.24, 2.45) is 0 Å². The van der Waals surface area contributed by atoms with E-state index in [-0.39, 0.29) is 5.91 Å². The molecule has 0 unspecified atom stereocenters. The Balaban J connectivity index is 2.44. The van der Waals surface area contributed by atoms with Crippen LogP contribution in [0.15, 0.2) is 24.3 Å². The summed E-state index contributed by atoms with van der Waals surface area (Å²) in [5.41, 5.74) is 0.777. The van der Waals surface area contributed by atoms with Crippen LogP contribution in [0.4, 0.5) is 5.69 Å². The minimum absolute atomic E-state index is 0.0372. The predicted octanol–water partition coefficient (Wildman–Crippen LogP) is 2.37. The molecule has 0 bridgehead atoms. The number of amides is 1. The molecule has 1 amide bonds. The average molecular weight is 250 g/mol. The Kier molecular flexibility index (Phi) is 6.22. The summed E-state index contributed by atoms with van der Waals surface area (Å²) in [4.78, 5) is 14.0. The molecule has 0 atom stereocenters. The van der Waals surface area contributed by atoms with Crippen molar-refractivity contribution in [1.29, 1.82) is 0 Å².